The molecule has 12 heteroatoms. The number of nitrogens with zero attached hydrogens (tertiary/aromatic N) is 1. The number of halogens is 5. The van der Waals surface area contributed by atoms with Gasteiger partial charge in [0.2, 0.25) is 11.7 Å². The number of thioether (sulfide) groups is 1. The van der Waals surface area contributed by atoms with Crippen molar-refractivity contribution in [1.29, 1.82) is 0 Å². The summed E-state index contributed by atoms with van der Waals surface area (Å²) in [7, 11) is 1.06. The van der Waals surface area contributed by atoms with Crippen molar-refractivity contribution < 1.29 is 36.3 Å². The van der Waals surface area contributed by atoms with Crippen molar-refractivity contribution in [1.82, 2.24) is 4.98 Å². The number of primary amides is 1. The van der Waals surface area contributed by atoms with Gasteiger partial charge in [-0.15, -0.1) is 11.8 Å². The summed E-state index contributed by atoms with van der Waals surface area (Å²) in [5.74, 6) is -7.21. The maximum atomic E-state index is 14.4. The number of anilines is 1. The first kappa shape index (κ1) is 24.7. The van der Waals surface area contributed by atoms with Gasteiger partial charge in [-0.05, 0) is 31.0 Å². The van der Waals surface area contributed by atoms with Crippen LogP contribution < -0.4 is 15.8 Å². The Morgan fingerprint density at radius 1 is 1.24 bits per heavy atom. The molecule has 0 bridgehead atoms. The van der Waals surface area contributed by atoms with Gasteiger partial charge in [0.05, 0.1) is 12.4 Å². The summed E-state index contributed by atoms with van der Waals surface area (Å²) in [6.07, 6.45) is -3.50. The van der Waals surface area contributed by atoms with Crippen molar-refractivity contribution in [2.75, 3.05) is 12.4 Å². The summed E-state index contributed by atoms with van der Waals surface area (Å²) in [5.41, 5.74) is 5.05. The molecule has 33 heavy (non-hydrogen) atoms. The van der Waals surface area contributed by atoms with Crippen LogP contribution >= 0.6 is 11.8 Å². The predicted octanol–water partition coefficient (Wildman–Crippen LogP) is 4.26. The number of rotatable bonds is 5. The number of pyridine rings is 1. The number of nitrogens with two attached hydrogens (primary N) is 1. The molecule has 0 aliphatic carbocycles. The number of ether oxygens (including phenoxy) is 1. The first-order valence-electron chi connectivity index (χ1n) is 9.65. The number of benzene rings is 1. The molecule has 0 saturated carbocycles. The van der Waals surface area contributed by atoms with Gasteiger partial charge < -0.3 is 15.8 Å². The van der Waals surface area contributed by atoms with Crippen LogP contribution in [0.25, 0.3) is 0 Å². The number of carbonyl (C=O) groups excluding carboxylic acids is 2. The molecule has 178 valence electrons. The van der Waals surface area contributed by atoms with Crippen LogP contribution in [0.2, 0.25) is 0 Å². The first-order chi connectivity index (χ1) is 15.3. The molecule has 1 aliphatic heterocycles. The molecule has 6 nitrogen and oxygen atoms in total. The molecule has 2 heterocycles. The van der Waals surface area contributed by atoms with Crippen molar-refractivity contribution in [3.63, 3.8) is 0 Å². The minimum absolute atomic E-state index is 0.0583. The van der Waals surface area contributed by atoms with Gasteiger partial charge >= 0.3 is 6.18 Å². The second kappa shape index (κ2) is 8.81. The number of hydrogen-bond donors (Lipinski definition) is 2. The van der Waals surface area contributed by atoms with Crippen molar-refractivity contribution in [3.8, 4) is 5.75 Å². The van der Waals surface area contributed by atoms with E-state index in [-0.39, 0.29) is 16.9 Å². The smallest absolute Gasteiger partial charge is 0.403 e. The summed E-state index contributed by atoms with van der Waals surface area (Å²) in [6.45, 7) is 2.27. The van der Waals surface area contributed by atoms with Crippen LogP contribution in [0.1, 0.15) is 35.8 Å². The number of aromatic nitrogens is 1. The molecule has 1 saturated heterocycles. The van der Waals surface area contributed by atoms with E-state index in [4.69, 9.17) is 10.5 Å². The van der Waals surface area contributed by atoms with Crippen LogP contribution in [0.15, 0.2) is 30.5 Å². The number of methoxy groups -OCH3 is 1. The molecule has 1 fully saturated rings. The van der Waals surface area contributed by atoms with Crippen LogP contribution in [0, 0.1) is 17.6 Å². The van der Waals surface area contributed by atoms with E-state index < -0.39 is 57.2 Å². The first-order valence-corrected chi connectivity index (χ1v) is 10.5. The number of hydrogen-bond acceptors (Lipinski definition) is 5. The number of nitrogens with one attached hydrogen (secondary N) is 1. The van der Waals surface area contributed by atoms with E-state index in [1.807, 2.05) is 0 Å². The maximum Gasteiger partial charge on any atom is 0.403 e. The third-order valence-electron chi connectivity index (χ3n) is 5.85. The number of alkyl halides is 3. The average Bonchev–Trinajstić information content (AvgIpc) is 3.02. The van der Waals surface area contributed by atoms with Gasteiger partial charge in [0.15, 0.2) is 11.6 Å². The highest BCUT2D eigenvalue weighted by Crippen LogP contribution is 2.62. The van der Waals surface area contributed by atoms with E-state index in [0.29, 0.717) is 11.8 Å². The topological polar surface area (TPSA) is 94.3 Å². The molecule has 1 aliphatic rings. The molecule has 3 rings (SSSR count). The SMILES string of the molecule is COc1c(C2C(C(=O)Nc3ccnc(C(N)=O)c3)SC(C)(C(F)(F)F)C2C)ccc(F)c1F. The molecule has 2 amide bonds. The number of amides is 2. The Balaban J connectivity index is 2.07. The fraction of sp³-hybridized carbons (Fsp3) is 0.381. The molecule has 1 aromatic carbocycles. The van der Waals surface area contributed by atoms with Gasteiger partial charge in [-0.3, -0.25) is 14.6 Å². The lowest BCUT2D eigenvalue weighted by Crippen LogP contribution is -2.42. The zero-order valence-corrected chi connectivity index (χ0v) is 18.5. The highest BCUT2D eigenvalue weighted by Gasteiger charge is 2.65. The van der Waals surface area contributed by atoms with Crippen LogP contribution in [0.4, 0.5) is 27.6 Å². The summed E-state index contributed by atoms with van der Waals surface area (Å²) < 4.78 is 72.8. The molecule has 4 atom stereocenters. The van der Waals surface area contributed by atoms with Gasteiger partial charge in [0.25, 0.3) is 5.91 Å². The Hall–Kier alpha value is -2.89. The molecule has 3 N–H and O–H groups in total. The minimum Gasteiger partial charge on any atom is -0.493 e. The Kier molecular flexibility index (Phi) is 6.60. The van der Waals surface area contributed by atoms with Crippen LogP contribution in [0.5, 0.6) is 5.75 Å². The van der Waals surface area contributed by atoms with Gasteiger partial charge in [0, 0.05) is 23.4 Å². The quantitative estimate of drug-likeness (QED) is 0.612. The summed E-state index contributed by atoms with van der Waals surface area (Å²) in [5, 5.41) is 1.12. The Morgan fingerprint density at radius 2 is 1.91 bits per heavy atom. The average molecular weight is 489 g/mol. The molecule has 2 aromatic rings. The van der Waals surface area contributed by atoms with E-state index >= 15 is 0 Å². The minimum atomic E-state index is -4.70. The standard InChI is InChI=1S/C21H20F5N3O3S/c1-9-14(11-4-5-12(22)15(23)16(11)32-3)17(33-20(9,2)21(24,25)26)19(31)29-10-6-7-28-13(8-10)18(27)30/h4-9,14,17H,1-3H3,(H2,27,30)(H,28,29,31). The third-order valence-corrected chi connectivity index (χ3v) is 7.70. The highest BCUT2D eigenvalue weighted by atomic mass is 32.2. The van der Waals surface area contributed by atoms with Gasteiger partial charge in [-0.25, -0.2) is 4.39 Å². The lowest BCUT2D eigenvalue weighted by Gasteiger charge is -2.32. The van der Waals surface area contributed by atoms with Crippen LogP contribution in [-0.2, 0) is 4.79 Å². The highest BCUT2D eigenvalue weighted by molar-refractivity contribution is 8.02. The zero-order chi connectivity index (χ0) is 24.7. The predicted molar refractivity (Wildman–Crippen MR) is 112 cm³/mol. The summed E-state index contributed by atoms with van der Waals surface area (Å²) in [4.78, 5) is 28.2. The molecular formula is C21H20F5N3O3S. The van der Waals surface area contributed by atoms with Crippen LogP contribution in [0.3, 0.4) is 0 Å². The molecule has 0 spiro atoms. The van der Waals surface area contributed by atoms with E-state index in [1.54, 1.807) is 0 Å². The Labute approximate surface area is 190 Å². The number of carbonyl (C=O) groups is 2. The Morgan fingerprint density at radius 3 is 2.48 bits per heavy atom. The monoisotopic (exact) mass is 489 g/mol. The lowest BCUT2D eigenvalue weighted by atomic mass is 9.77. The van der Waals surface area contributed by atoms with Gasteiger partial charge in [-0.1, -0.05) is 13.0 Å². The zero-order valence-electron chi connectivity index (χ0n) is 17.7. The normalized spacial score (nSPS) is 25.0. The molecule has 1 aromatic heterocycles. The largest absolute Gasteiger partial charge is 0.493 e. The second-order valence-electron chi connectivity index (χ2n) is 7.72. The fourth-order valence-corrected chi connectivity index (χ4v) is 5.61. The van der Waals surface area contributed by atoms with Crippen molar-refractivity contribution in [2.45, 2.75) is 35.9 Å². The van der Waals surface area contributed by atoms with E-state index in [1.165, 1.54) is 25.3 Å². The lowest BCUT2D eigenvalue weighted by molar-refractivity contribution is -0.165. The maximum absolute atomic E-state index is 14.4. The van der Waals surface area contributed by atoms with Crippen LogP contribution in [-0.4, -0.2) is 40.1 Å². The van der Waals surface area contributed by atoms with Gasteiger partial charge in [-0.2, -0.15) is 17.6 Å². The van der Waals surface area contributed by atoms with E-state index in [9.17, 15) is 31.5 Å². The summed E-state index contributed by atoms with van der Waals surface area (Å²) in [6, 6.07) is 4.42. The van der Waals surface area contributed by atoms with Crippen molar-refractivity contribution in [3.05, 3.63) is 53.4 Å². The Bertz CT molecular complexity index is 1100. The summed E-state index contributed by atoms with van der Waals surface area (Å²) >= 11 is 0.382. The van der Waals surface area contributed by atoms with E-state index in [2.05, 4.69) is 10.3 Å². The van der Waals surface area contributed by atoms with Crippen molar-refractivity contribution >= 4 is 29.3 Å². The molecule has 0 radical (unpaired) electrons. The fourth-order valence-electron chi connectivity index (χ4n) is 3.90. The third kappa shape index (κ3) is 4.35. The van der Waals surface area contributed by atoms with E-state index in [0.717, 1.165) is 26.2 Å². The van der Waals surface area contributed by atoms with Crippen molar-refractivity contribution in [2.24, 2.45) is 11.7 Å². The second-order valence-corrected chi connectivity index (χ2v) is 9.32. The van der Waals surface area contributed by atoms with Gasteiger partial charge in [0.1, 0.15) is 10.4 Å². The molecular weight excluding hydrogens is 469 g/mol. The molecule has 4 unspecified atom stereocenters.